The second kappa shape index (κ2) is 6.87. The van der Waals surface area contributed by atoms with Crippen molar-refractivity contribution in [3.05, 3.63) is 24.0 Å². The van der Waals surface area contributed by atoms with E-state index in [0.717, 1.165) is 17.2 Å². The highest BCUT2D eigenvalue weighted by atomic mass is 16.5. The quantitative estimate of drug-likeness (QED) is 0.633. The maximum Gasteiger partial charge on any atom is 0.137 e. The van der Waals surface area contributed by atoms with Crippen LogP contribution in [0.3, 0.4) is 0 Å². The van der Waals surface area contributed by atoms with Gasteiger partial charge in [-0.05, 0) is 36.3 Å². The summed E-state index contributed by atoms with van der Waals surface area (Å²) in [7, 11) is 1.67. The van der Waals surface area contributed by atoms with Crippen LogP contribution in [0, 0.1) is 11.8 Å². The molecule has 1 aliphatic rings. The van der Waals surface area contributed by atoms with E-state index in [1.165, 1.54) is 32.1 Å². The largest absolute Gasteiger partial charge is 0.495 e. The highest BCUT2D eigenvalue weighted by molar-refractivity contribution is 5.26. The Morgan fingerprint density at radius 3 is 3.00 bits per heavy atom. The lowest BCUT2D eigenvalue weighted by Gasteiger charge is -2.34. The molecule has 3 N–H and O–H groups in total. The van der Waals surface area contributed by atoms with Crippen molar-refractivity contribution < 1.29 is 4.74 Å². The molecule has 1 aliphatic carbocycles. The summed E-state index contributed by atoms with van der Waals surface area (Å²) in [6, 6.07) is 2.21. The molecule has 4 nitrogen and oxygen atoms in total. The van der Waals surface area contributed by atoms with E-state index in [1.807, 2.05) is 12.3 Å². The van der Waals surface area contributed by atoms with E-state index in [2.05, 4.69) is 17.3 Å². The first-order valence-electron chi connectivity index (χ1n) is 7.23. The number of ether oxygens (including phenoxy) is 1. The fourth-order valence-electron chi connectivity index (χ4n) is 3.23. The van der Waals surface area contributed by atoms with Crippen molar-refractivity contribution in [3.63, 3.8) is 0 Å². The summed E-state index contributed by atoms with van der Waals surface area (Å²) in [5.74, 6) is 8.02. The zero-order valence-electron chi connectivity index (χ0n) is 11.9. The SMILES string of the molecule is CCC1CCCC(C(NN)c2cncc(OC)c2)C1. The van der Waals surface area contributed by atoms with Gasteiger partial charge in [-0.3, -0.25) is 16.3 Å². The molecule has 0 aliphatic heterocycles. The van der Waals surface area contributed by atoms with Gasteiger partial charge >= 0.3 is 0 Å². The van der Waals surface area contributed by atoms with Crippen LogP contribution in [0.25, 0.3) is 0 Å². The van der Waals surface area contributed by atoms with Gasteiger partial charge in [0.05, 0.1) is 19.3 Å². The summed E-state index contributed by atoms with van der Waals surface area (Å²) in [5, 5.41) is 0. The first kappa shape index (κ1) is 14.3. The molecule has 0 radical (unpaired) electrons. The van der Waals surface area contributed by atoms with Crippen molar-refractivity contribution in [1.82, 2.24) is 10.4 Å². The molecule has 1 aromatic rings. The third-order valence-corrected chi connectivity index (χ3v) is 4.38. The van der Waals surface area contributed by atoms with Gasteiger partial charge in [0.1, 0.15) is 5.75 Å². The van der Waals surface area contributed by atoms with Crippen molar-refractivity contribution in [3.8, 4) is 5.75 Å². The number of methoxy groups -OCH3 is 1. The van der Waals surface area contributed by atoms with Gasteiger partial charge in [0.15, 0.2) is 0 Å². The standard InChI is InChI=1S/C15H25N3O/c1-3-11-5-4-6-12(7-11)15(18-16)13-8-14(19-2)10-17-9-13/h8-12,15,18H,3-7,16H2,1-2H3. The summed E-state index contributed by atoms with van der Waals surface area (Å²) in [4.78, 5) is 4.24. The van der Waals surface area contributed by atoms with E-state index in [-0.39, 0.29) is 6.04 Å². The van der Waals surface area contributed by atoms with Gasteiger partial charge in [-0.1, -0.05) is 26.2 Å². The Morgan fingerprint density at radius 2 is 2.32 bits per heavy atom. The maximum atomic E-state index is 5.80. The predicted molar refractivity (Wildman–Crippen MR) is 76.6 cm³/mol. The molecule has 1 fully saturated rings. The second-order valence-corrected chi connectivity index (χ2v) is 5.50. The Kier molecular flexibility index (Phi) is 5.16. The van der Waals surface area contributed by atoms with Gasteiger partial charge < -0.3 is 4.74 Å². The van der Waals surface area contributed by atoms with Crippen LogP contribution in [0.2, 0.25) is 0 Å². The molecule has 1 saturated carbocycles. The molecule has 19 heavy (non-hydrogen) atoms. The van der Waals surface area contributed by atoms with Gasteiger partial charge in [-0.25, -0.2) is 0 Å². The third-order valence-electron chi connectivity index (χ3n) is 4.38. The molecule has 0 aromatic carbocycles. The first-order valence-corrected chi connectivity index (χ1v) is 7.23. The molecule has 4 heteroatoms. The number of hydrogen-bond acceptors (Lipinski definition) is 4. The van der Waals surface area contributed by atoms with Gasteiger partial charge in [0.2, 0.25) is 0 Å². The van der Waals surface area contributed by atoms with Crippen molar-refractivity contribution in [2.24, 2.45) is 17.7 Å². The molecule has 106 valence electrons. The predicted octanol–water partition coefficient (Wildman–Crippen LogP) is 2.81. The van der Waals surface area contributed by atoms with Gasteiger partial charge in [0, 0.05) is 6.20 Å². The zero-order valence-corrected chi connectivity index (χ0v) is 11.9. The summed E-state index contributed by atoms with van der Waals surface area (Å²) in [6.07, 6.45) is 10.0. The Hall–Kier alpha value is -1.13. The number of nitrogens with one attached hydrogen (secondary N) is 1. The van der Waals surface area contributed by atoms with E-state index < -0.39 is 0 Å². The van der Waals surface area contributed by atoms with Crippen molar-refractivity contribution in [2.45, 2.75) is 45.1 Å². The Morgan fingerprint density at radius 1 is 1.47 bits per heavy atom. The molecule has 1 heterocycles. The van der Waals surface area contributed by atoms with Crippen LogP contribution in [0.5, 0.6) is 5.75 Å². The summed E-state index contributed by atoms with van der Waals surface area (Å²) >= 11 is 0. The lowest BCUT2D eigenvalue weighted by molar-refractivity contribution is 0.209. The minimum absolute atomic E-state index is 0.178. The number of hydrogen-bond donors (Lipinski definition) is 2. The van der Waals surface area contributed by atoms with Crippen LogP contribution < -0.4 is 16.0 Å². The molecule has 1 aromatic heterocycles. The summed E-state index contributed by atoms with van der Waals surface area (Å²) in [5.41, 5.74) is 4.12. The molecule has 3 atom stereocenters. The molecular weight excluding hydrogens is 238 g/mol. The highest BCUT2D eigenvalue weighted by Crippen LogP contribution is 2.38. The Labute approximate surface area is 115 Å². The van der Waals surface area contributed by atoms with Gasteiger partial charge in [-0.2, -0.15) is 0 Å². The van der Waals surface area contributed by atoms with Crippen LogP contribution >= 0.6 is 0 Å². The minimum Gasteiger partial charge on any atom is -0.495 e. The number of rotatable bonds is 5. The average molecular weight is 263 g/mol. The van der Waals surface area contributed by atoms with E-state index in [0.29, 0.717) is 5.92 Å². The molecule has 0 saturated heterocycles. The maximum absolute atomic E-state index is 5.80. The first-order chi connectivity index (χ1) is 9.28. The number of nitrogens with two attached hydrogens (primary N) is 1. The van der Waals surface area contributed by atoms with Crippen molar-refractivity contribution in [1.29, 1.82) is 0 Å². The van der Waals surface area contributed by atoms with Crippen LogP contribution in [0.4, 0.5) is 0 Å². The normalized spacial score (nSPS) is 25.0. The molecule has 0 bridgehead atoms. The average Bonchev–Trinajstić information content (AvgIpc) is 2.48. The van der Waals surface area contributed by atoms with Crippen LogP contribution in [0.15, 0.2) is 18.5 Å². The summed E-state index contributed by atoms with van der Waals surface area (Å²) in [6.45, 7) is 2.28. The fourth-order valence-corrected chi connectivity index (χ4v) is 3.23. The number of nitrogens with zero attached hydrogens (tertiary/aromatic N) is 1. The Balaban J connectivity index is 2.13. The van der Waals surface area contributed by atoms with Crippen LogP contribution in [0.1, 0.15) is 50.6 Å². The summed E-state index contributed by atoms with van der Waals surface area (Å²) < 4.78 is 5.25. The van der Waals surface area contributed by atoms with Crippen LogP contribution in [-0.4, -0.2) is 12.1 Å². The van der Waals surface area contributed by atoms with Crippen LogP contribution in [-0.2, 0) is 0 Å². The Bertz CT molecular complexity index is 397. The zero-order chi connectivity index (χ0) is 13.7. The topological polar surface area (TPSA) is 60.2 Å². The van der Waals surface area contributed by atoms with E-state index in [1.54, 1.807) is 13.3 Å². The molecule has 2 rings (SSSR count). The smallest absolute Gasteiger partial charge is 0.137 e. The van der Waals surface area contributed by atoms with E-state index in [4.69, 9.17) is 10.6 Å². The molecule has 3 unspecified atom stereocenters. The van der Waals surface area contributed by atoms with Gasteiger partial charge in [0.25, 0.3) is 0 Å². The highest BCUT2D eigenvalue weighted by Gasteiger charge is 2.28. The number of hydrazine groups is 1. The van der Waals surface area contributed by atoms with E-state index >= 15 is 0 Å². The monoisotopic (exact) mass is 263 g/mol. The molecule has 0 spiro atoms. The second-order valence-electron chi connectivity index (χ2n) is 5.50. The van der Waals surface area contributed by atoms with E-state index in [9.17, 15) is 0 Å². The minimum atomic E-state index is 0.178. The molecule has 0 amide bonds. The lowest BCUT2D eigenvalue weighted by Crippen LogP contribution is -2.35. The number of pyridine rings is 1. The number of aromatic nitrogens is 1. The fraction of sp³-hybridized carbons (Fsp3) is 0.667. The molecular formula is C15H25N3O. The van der Waals surface area contributed by atoms with Gasteiger partial charge in [-0.15, -0.1) is 0 Å². The lowest BCUT2D eigenvalue weighted by atomic mass is 9.75. The van der Waals surface area contributed by atoms with Crippen molar-refractivity contribution >= 4 is 0 Å². The van der Waals surface area contributed by atoms with Crippen molar-refractivity contribution in [2.75, 3.05) is 7.11 Å². The third kappa shape index (κ3) is 3.45.